The van der Waals surface area contributed by atoms with Gasteiger partial charge in [-0.25, -0.2) is 14.6 Å². The number of carboxylic acids is 1. The molecule has 1 aromatic heterocycles. The number of aromatic carboxylic acids is 1. The van der Waals surface area contributed by atoms with E-state index in [1.54, 1.807) is 51.1 Å². The Hall–Kier alpha value is -4.48. The molecule has 0 bridgehead atoms. The van der Waals surface area contributed by atoms with Crippen molar-refractivity contribution in [1.82, 2.24) is 20.1 Å². The number of nitrogens with zero attached hydrogens (tertiary/aromatic N) is 3. The minimum atomic E-state index is -1.24. The van der Waals surface area contributed by atoms with E-state index in [1.165, 1.54) is 15.9 Å². The van der Waals surface area contributed by atoms with Crippen LogP contribution in [0.3, 0.4) is 0 Å². The van der Waals surface area contributed by atoms with E-state index in [9.17, 15) is 29.1 Å². The minimum absolute atomic E-state index is 0.0522. The highest BCUT2D eigenvalue weighted by Crippen LogP contribution is 2.20. The highest BCUT2D eigenvalue weighted by atomic mass is 16.6. The van der Waals surface area contributed by atoms with E-state index in [1.807, 2.05) is 0 Å². The number of nitrogens with one attached hydrogen (secondary N) is 1. The zero-order chi connectivity index (χ0) is 32.3. The fourth-order valence-corrected chi connectivity index (χ4v) is 4.60. The van der Waals surface area contributed by atoms with Gasteiger partial charge in [-0.05, 0) is 45.7 Å². The van der Waals surface area contributed by atoms with Crippen LogP contribution in [0.5, 0.6) is 0 Å². The topological polar surface area (TPSA) is 155 Å². The molecular weight excluding hydrogens is 568 g/mol. The summed E-state index contributed by atoms with van der Waals surface area (Å²) >= 11 is 0. The fraction of sp³-hybridized carbons (Fsp3) is 0.500. The number of benzene rings is 1. The molecule has 1 aliphatic heterocycles. The second-order valence-corrected chi connectivity index (χ2v) is 11.6. The van der Waals surface area contributed by atoms with Gasteiger partial charge in [-0.3, -0.25) is 14.4 Å². The average Bonchev–Trinajstić information content (AvgIpc) is 3.00. The predicted octanol–water partition coefficient (Wildman–Crippen LogP) is 4.14. The summed E-state index contributed by atoms with van der Waals surface area (Å²) in [5, 5.41) is 12.3. The number of carboxylic acid groups (broad SMARTS) is 1. The number of ether oxygens (including phenoxy) is 2. The van der Waals surface area contributed by atoms with Crippen LogP contribution in [0.2, 0.25) is 0 Å². The molecule has 0 unspecified atom stereocenters. The SMILES string of the molecule is CCCCCOC(=O)N1CCN(C(=O)[C@H](CCC(=O)OC(C)(C)C)NC(=O)c2cc(C(=O)O)cc(-c3ccccc3)n2)CC1. The zero-order valence-corrected chi connectivity index (χ0v) is 25.8. The van der Waals surface area contributed by atoms with E-state index >= 15 is 0 Å². The summed E-state index contributed by atoms with van der Waals surface area (Å²) in [4.78, 5) is 71.3. The van der Waals surface area contributed by atoms with Crippen LogP contribution in [0.15, 0.2) is 42.5 Å². The lowest BCUT2D eigenvalue weighted by Gasteiger charge is -2.36. The summed E-state index contributed by atoms with van der Waals surface area (Å²) in [5.41, 5.74) is -0.155. The molecule has 238 valence electrons. The Balaban J connectivity index is 1.76. The first-order valence-electron chi connectivity index (χ1n) is 14.9. The van der Waals surface area contributed by atoms with Crippen molar-refractivity contribution in [1.29, 1.82) is 0 Å². The number of esters is 1. The standard InChI is InChI=1S/C32H42N4O8/c1-5-6-10-19-43-31(42)36-17-15-35(16-18-36)29(39)24(13-14-27(37)44-32(2,3)4)34-28(38)26-21-23(30(40)41)20-25(33-26)22-11-8-7-9-12-22/h7-9,11-12,20-21,24H,5-6,10,13-19H2,1-4H3,(H,34,38)(H,40,41)/t24-/m0/s1. The molecular formula is C32H42N4O8. The number of hydrogen-bond donors (Lipinski definition) is 2. The maximum Gasteiger partial charge on any atom is 0.409 e. The smallest absolute Gasteiger partial charge is 0.409 e. The first-order chi connectivity index (χ1) is 20.9. The van der Waals surface area contributed by atoms with Crippen molar-refractivity contribution >= 4 is 29.8 Å². The quantitative estimate of drug-likeness (QED) is 0.266. The average molecular weight is 611 g/mol. The molecule has 2 aromatic rings. The number of hydrogen-bond acceptors (Lipinski definition) is 8. The Kier molecular flexibility index (Phi) is 12.2. The lowest BCUT2D eigenvalue weighted by Crippen LogP contribution is -2.56. The number of amides is 3. The van der Waals surface area contributed by atoms with Crippen LogP contribution in [-0.4, -0.2) is 94.2 Å². The monoisotopic (exact) mass is 610 g/mol. The normalized spacial score (nSPS) is 14.0. The highest BCUT2D eigenvalue weighted by molar-refractivity contribution is 5.99. The first kappa shape index (κ1) is 34.0. The molecule has 44 heavy (non-hydrogen) atoms. The number of unbranched alkanes of at least 4 members (excludes halogenated alkanes) is 2. The van der Waals surface area contributed by atoms with Gasteiger partial charge < -0.3 is 29.7 Å². The summed E-state index contributed by atoms with van der Waals surface area (Å²) in [7, 11) is 0. The summed E-state index contributed by atoms with van der Waals surface area (Å²) in [6, 6.07) is 10.2. The number of aromatic nitrogens is 1. The van der Waals surface area contributed by atoms with Gasteiger partial charge in [-0.15, -0.1) is 0 Å². The number of rotatable bonds is 12. The predicted molar refractivity (Wildman–Crippen MR) is 162 cm³/mol. The molecule has 0 saturated carbocycles. The van der Waals surface area contributed by atoms with Gasteiger partial charge in [-0.1, -0.05) is 50.1 Å². The van der Waals surface area contributed by atoms with Crippen molar-refractivity contribution in [2.24, 2.45) is 0 Å². The second kappa shape index (κ2) is 15.8. The lowest BCUT2D eigenvalue weighted by atomic mass is 10.1. The summed E-state index contributed by atoms with van der Waals surface area (Å²) in [6.07, 6.45) is 2.15. The molecule has 3 rings (SSSR count). The van der Waals surface area contributed by atoms with Gasteiger partial charge in [0.1, 0.15) is 17.3 Å². The maximum atomic E-state index is 13.7. The van der Waals surface area contributed by atoms with Crippen molar-refractivity contribution in [2.75, 3.05) is 32.8 Å². The van der Waals surface area contributed by atoms with Gasteiger partial charge in [0.05, 0.1) is 17.9 Å². The molecule has 12 nitrogen and oxygen atoms in total. The van der Waals surface area contributed by atoms with Crippen molar-refractivity contribution in [3.05, 3.63) is 53.7 Å². The maximum absolute atomic E-state index is 13.7. The van der Waals surface area contributed by atoms with Crippen molar-refractivity contribution in [3.63, 3.8) is 0 Å². The summed E-state index contributed by atoms with van der Waals surface area (Å²) in [5.74, 6) is -2.96. The number of carbonyl (C=O) groups excluding carboxylic acids is 4. The minimum Gasteiger partial charge on any atom is -0.478 e. The molecule has 1 fully saturated rings. The van der Waals surface area contributed by atoms with E-state index in [4.69, 9.17) is 9.47 Å². The second-order valence-electron chi connectivity index (χ2n) is 11.6. The Bertz CT molecular complexity index is 1320. The molecule has 1 saturated heterocycles. The van der Waals surface area contributed by atoms with E-state index < -0.39 is 41.5 Å². The number of piperazine rings is 1. The Morgan fingerprint density at radius 2 is 1.64 bits per heavy atom. The third-order valence-electron chi connectivity index (χ3n) is 6.86. The number of pyridine rings is 1. The van der Waals surface area contributed by atoms with Crippen LogP contribution in [0, 0.1) is 0 Å². The van der Waals surface area contributed by atoms with Crippen LogP contribution in [0.4, 0.5) is 4.79 Å². The van der Waals surface area contributed by atoms with Gasteiger partial charge in [0.2, 0.25) is 5.91 Å². The Labute approximate surface area is 257 Å². The molecule has 1 aliphatic rings. The lowest BCUT2D eigenvalue weighted by molar-refractivity contribution is -0.155. The zero-order valence-electron chi connectivity index (χ0n) is 25.8. The summed E-state index contributed by atoms with van der Waals surface area (Å²) < 4.78 is 10.7. The fourth-order valence-electron chi connectivity index (χ4n) is 4.60. The molecule has 0 aliphatic carbocycles. The van der Waals surface area contributed by atoms with Gasteiger partial charge in [-0.2, -0.15) is 0 Å². The van der Waals surface area contributed by atoms with Crippen molar-refractivity contribution in [3.8, 4) is 11.3 Å². The third kappa shape index (κ3) is 10.4. The molecule has 12 heteroatoms. The highest BCUT2D eigenvalue weighted by Gasteiger charge is 2.32. The third-order valence-corrected chi connectivity index (χ3v) is 6.86. The first-order valence-corrected chi connectivity index (χ1v) is 14.9. The van der Waals surface area contributed by atoms with Crippen molar-refractivity contribution < 1.29 is 38.6 Å². The molecule has 1 atom stereocenters. The van der Waals surface area contributed by atoms with Crippen LogP contribution in [0.1, 0.15) is 80.6 Å². The molecule has 3 amide bonds. The van der Waals surface area contributed by atoms with E-state index in [0.29, 0.717) is 12.2 Å². The number of carbonyl (C=O) groups is 5. The van der Waals surface area contributed by atoms with E-state index in [-0.39, 0.29) is 56.0 Å². The van der Waals surface area contributed by atoms with Crippen LogP contribution in [-0.2, 0) is 19.1 Å². The van der Waals surface area contributed by atoms with Gasteiger partial charge in [0, 0.05) is 38.2 Å². The molecule has 0 radical (unpaired) electrons. The molecule has 0 spiro atoms. The summed E-state index contributed by atoms with van der Waals surface area (Å²) in [6.45, 7) is 8.54. The molecule has 2 N–H and O–H groups in total. The largest absolute Gasteiger partial charge is 0.478 e. The van der Waals surface area contributed by atoms with Crippen LogP contribution in [0.25, 0.3) is 11.3 Å². The van der Waals surface area contributed by atoms with Crippen molar-refractivity contribution in [2.45, 2.75) is 71.4 Å². The molecule has 2 heterocycles. The van der Waals surface area contributed by atoms with E-state index in [0.717, 1.165) is 25.3 Å². The van der Waals surface area contributed by atoms with Gasteiger partial charge in [0.15, 0.2) is 0 Å². The molecule has 1 aromatic carbocycles. The van der Waals surface area contributed by atoms with Gasteiger partial charge >= 0.3 is 18.0 Å². The Morgan fingerprint density at radius 1 is 0.977 bits per heavy atom. The van der Waals surface area contributed by atoms with Crippen LogP contribution < -0.4 is 5.32 Å². The Morgan fingerprint density at radius 3 is 2.25 bits per heavy atom. The van der Waals surface area contributed by atoms with Crippen LogP contribution >= 0.6 is 0 Å². The van der Waals surface area contributed by atoms with Gasteiger partial charge in [0.25, 0.3) is 5.91 Å². The van der Waals surface area contributed by atoms with E-state index in [2.05, 4.69) is 17.2 Å².